The van der Waals surface area contributed by atoms with Gasteiger partial charge in [-0.15, -0.1) is 0 Å². The minimum absolute atomic E-state index is 0.105. The summed E-state index contributed by atoms with van der Waals surface area (Å²) >= 11 is 0. The molecule has 1 amide bonds. The number of carbonyl (C=O) groups is 2. The number of ether oxygens (including phenoxy) is 1. The first-order chi connectivity index (χ1) is 12.1. The number of rotatable bonds is 5. The number of amides is 1. The summed E-state index contributed by atoms with van der Waals surface area (Å²) in [4.78, 5) is 26.5. The molecule has 0 aliphatic carbocycles. The third kappa shape index (κ3) is 3.73. The van der Waals surface area contributed by atoms with Crippen molar-refractivity contribution in [3.63, 3.8) is 0 Å². The van der Waals surface area contributed by atoms with E-state index in [0.29, 0.717) is 38.2 Å². The number of nitrogens with zero attached hydrogens (tertiary/aromatic N) is 3. The molecule has 132 valence electrons. The van der Waals surface area contributed by atoms with Gasteiger partial charge in [-0.1, -0.05) is 30.3 Å². The number of benzene rings is 1. The van der Waals surface area contributed by atoms with Crippen molar-refractivity contribution < 1.29 is 14.3 Å². The van der Waals surface area contributed by atoms with Crippen molar-refractivity contribution in [3.05, 3.63) is 52.8 Å². The van der Waals surface area contributed by atoms with E-state index in [2.05, 4.69) is 5.10 Å². The van der Waals surface area contributed by atoms with Crippen molar-refractivity contribution in [2.75, 3.05) is 13.2 Å². The van der Waals surface area contributed by atoms with Crippen LogP contribution in [0, 0.1) is 0 Å². The lowest BCUT2D eigenvalue weighted by molar-refractivity contribution is -0.132. The molecule has 0 radical (unpaired) electrons. The van der Waals surface area contributed by atoms with E-state index in [-0.39, 0.29) is 5.91 Å². The van der Waals surface area contributed by atoms with Gasteiger partial charge in [0.15, 0.2) is 5.69 Å². The van der Waals surface area contributed by atoms with Crippen LogP contribution >= 0.6 is 0 Å². The fourth-order valence-electron chi connectivity index (χ4n) is 3.22. The van der Waals surface area contributed by atoms with Gasteiger partial charge in [0.05, 0.1) is 6.61 Å². The Hall–Kier alpha value is -2.63. The van der Waals surface area contributed by atoms with Crippen LogP contribution in [0.1, 0.15) is 40.7 Å². The highest BCUT2D eigenvalue weighted by atomic mass is 16.5. The molecular formula is C19H23N3O3. The van der Waals surface area contributed by atoms with Crippen molar-refractivity contribution in [2.45, 2.75) is 32.7 Å². The highest BCUT2D eigenvalue weighted by Gasteiger charge is 2.29. The van der Waals surface area contributed by atoms with E-state index in [1.807, 2.05) is 42.3 Å². The number of hydrogen-bond donors (Lipinski definition) is 0. The molecular weight excluding hydrogens is 318 g/mol. The molecule has 0 saturated heterocycles. The molecule has 25 heavy (non-hydrogen) atoms. The first-order valence-electron chi connectivity index (χ1n) is 8.63. The first kappa shape index (κ1) is 17.2. The standard InChI is InChI=1S/C19H23N3O3/c1-3-25-19(24)18-15-13-22(12-11-16(15)21(2)20-18)17(23)10-9-14-7-5-4-6-8-14/h4-8H,3,9-13H2,1-2H3. The van der Waals surface area contributed by atoms with E-state index in [4.69, 9.17) is 4.74 Å². The molecule has 2 aromatic rings. The molecule has 0 unspecified atom stereocenters. The summed E-state index contributed by atoms with van der Waals surface area (Å²) in [6.07, 6.45) is 1.89. The fraction of sp³-hybridized carbons (Fsp3) is 0.421. The second kappa shape index (κ2) is 7.51. The lowest BCUT2D eigenvalue weighted by atomic mass is 10.0. The maximum atomic E-state index is 12.6. The van der Waals surface area contributed by atoms with Crippen LogP contribution < -0.4 is 0 Å². The minimum atomic E-state index is -0.419. The van der Waals surface area contributed by atoms with Crippen molar-refractivity contribution in [1.82, 2.24) is 14.7 Å². The third-order valence-electron chi connectivity index (χ3n) is 4.53. The third-order valence-corrected chi connectivity index (χ3v) is 4.53. The molecule has 3 rings (SSSR count). The van der Waals surface area contributed by atoms with E-state index >= 15 is 0 Å². The quantitative estimate of drug-likeness (QED) is 0.782. The zero-order chi connectivity index (χ0) is 17.8. The van der Waals surface area contributed by atoms with Crippen LogP contribution in [0.4, 0.5) is 0 Å². The van der Waals surface area contributed by atoms with Crippen LogP contribution in [-0.2, 0) is 36.0 Å². The Morgan fingerprint density at radius 3 is 2.72 bits per heavy atom. The Bertz CT molecular complexity index is 768. The van der Waals surface area contributed by atoms with Crippen LogP contribution in [0.3, 0.4) is 0 Å². The van der Waals surface area contributed by atoms with Gasteiger partial charge in [-0.3, -0.25) is 9.48 Å². The Balaban J connectivity index is 1.69. The van der Waals surface area contributed by atoms with Gasteiger partial charge in [-0.05, 0) is 18.9 Å². The van der Waals surface area contributed by atoms with E-state index in [9.17, 15) is 9.59 Å². The second-order valence-corrected chi connectivity index (χ2v) is 6.17. The summed E-state index contributed by atoms with van der Waals surface area (Å²) in [6.45, 7) is 3.16. The van der Waals surface area contributed by atoms with E-state index in [1.165, 1.54) is 0 Å². The van der Waals surface area contributed by atoms with Gasteiger partial charge in [0.1, 0.15) is 0 Å². The average Bonchev–Trinajstić information content (AvgIpc) is 2.97. The molecule has 6 heteroatoms. The Morgan fingerprint density at radius 1 is 1.24 bits per heavy atom. The minimum Gasteiger partial charge on any atom is -0.461 e. The van der Waals surface area contributed by atoms with Crippen molar-refractivity contribution in [3.8, 4) is 0 Å². The predicted molar refractivity (Wildman–Crippen MR) is 93.0 cm³/mol. The second-order valence-electron chi connectivity index (χ2n) is 6.17. The van der Waals surface area contributed by atoms with Gasteiger partial charge >= 0.3 is 5.97 Å². The van der Waals surface area contributed by atoms with Crippen LogP contribution in [0.5, 0.6) is 0 Å². The monoisotopic (exact) mass is 341 g/mol. The van der Waals surface area contributed by atoms with Crippen molar-refractivity contribution >= 4 is 11.9 Å². The molecule has 1 aliphatic heterocycles. The van der Waals surface area contributed by atoms with Gasteiger partial charge in [-0.25, -0.2) is 4.79 Å². The maximum Gasteiger partial charge on any atom is 0.359 e. The lowest BCUT2D eigenvalue weighted by Gasteiger charge is -2.27. The molecule has 0 spiro atoms. The van der Waals surface area contributed by atoms with Crippen LogP contribution in [0.25, 0.3) is 0 Å². The van der Waals surface area contributed by atoms with Crippen molar-refractivity contribution in [2.24, 2.45) is 7.05 Å². The Morgan fingerprint density at radius 2 is 2.00 bits per heavy atom. The molecule has 0 saturated carbocycles. The molecule has 0 atom stereocenters. The molecule has 1 aromatic heterocycles. The van der Waals surface area contributed by atoms with Gasteiger partial charge < -0.3 is 9.64 Å². The Kier molecular flexibility index (Phi) is 5.16. The number of aromatic nitrogens is 2. The summed E-state index contributed by atoms with van der Waals surface area (Å²) < 4.78 is 6.82. The summed E-state index contributed by atoms with van der Waals surface area (Å²) in [5.74, 6) is -0.314. The number of esters is 1. The number of fused-ring (bicyclic) bond motifs is 1. The SMILES string of the molecule is CCOC(=O)c1nn(C)c2c1CN(C(=O)CCc1ccccc1)CC2. The van der Waals surface area contributed by atoms with E-state index in [1.54, 1.807) is 11.6 Å². The molecule has 2 heterocycles. The number of hydrogen-bond acceptors (Lipinski definition) is 4. The summed E-state index contributed by atoms with van der Waals surface area (Å²) in [6, 6.07) is 9.99. The van der Waals surface area contributed by atoms with Gasteiger partial charge in [0, 0.05) is 44.2 Å². The van der Waals surface area contributed by atoms with Gasteiger partial charge in [0.25, 0.3) is 0 Å². The van der Waals surface area contributed by atoms with Crippen LogP contribution in [0.2, 0.25) is 0 Å². The highest BCUT2D eigenvalue weighted by Crippen LogP contribution is 2.23. The largest absolute Gasteiger partial charge is 0.461 e. The van der Waals surface area contributed by atoms with Crippen LogP contribution in [0.15, 0.2) is 30.3 Å². The molecule has 0 bridgehead atoms. The number of carbonyl (C=O) groups excluding carboxylic acids is 2. The van der Waals surface area contributed by atoms with Gasteiger partial charge in [0.2, 0.25) is 5.91 Å². The summed E-state index contributed by atoms with van der Waals surface area (Å²) in [5, 5.41) is 4.30. The summed E-state index contributed by atoms with van der Waals surface area (Å²) in [5.41, 5.74) is 3.32. The maximum absolute atomic E-state index is 12.6. The zero-order valence-corrected chi connectivity index (χ0v) is 14.7. The molecule has 1 aromatic carbocycles. The molecule has 6 nitrogen and oxygen atoms in total. The fourth-order valence-corrected chi connectivity index (χ4v) is 3.22. The molecule has 1 aliphatic rings. The topological polar surface area (TPSA) is 64.4 Å². The van der Waals surface area contributed by atoms with Crippen LogP contribution in [-0.4, -0.2) is 39.7 Å². The average molecular weight is 341 g/mol. The first-order valence-corrected chi connectivity index (χ1v) is 8.63. The normalized spacial score (nSPS) is 13.4. The highest BCUT2D eigenvalue weighted by molar-refractivity contribution is 5.89. The van der Waals surface area contributed by atoms with Gasteiger partial charge in [-0.2, -0.15) is 5.10 Å². The molecule has 0 fully saturated rings. The lowest BCUT2D eigenvalue weighted by Crippen LogP contribution is -2.36. The van der Waals surface area contributed by atoms with E-state index < -0.39 is 5.97 Å². The van der Waals surface area contributed by atoms with E-state index in [0.717, 1.165) is 23.2 Å². The zero-order valence-electron chi connectivity index (χ0n) is 14.7. The van der Waals surface area contributed by atoms with Crippen molar-refractivity contribution in [1.29, 1.82) is 0 Å². The number of aryl methyl sites for hydroxylation is 2. The summed E-state index contributed by atoms with van der Waals surface area (Å²) in [7, 11) is 1.83. The smallest absolute Gasteiger partial charge is 0.359 e. The Labute approximate surface area is 147 Å². The molecule has 0 N–H and O–H groups in total. The predicted octanol–water partition coefficient (Wildman–Crippen LogP) is 2.11.